The standard InChI is InChI=1S/C23H27N3O3S/c1-28-19-10-15-8-9-26(13-16(15)11-20(19)29-2)14-22(27)25-23-18(12-24)17-6-4-3-5-7-21(17)30-23/h10-11H,3-9,13-14H2,1-2H3,(H,25,27)/p+1. The number of ether oxygens (including phenoxy) is 2. The lowest BCUT2D eigenvalue weighted by Gasteiger charge is -2.26. The third-order valence-electron chi connectivity index (χ3n) is 6.09. The van der Waals surface area contributed by atoms with Crippen molar-refractivity contribution in [3.8, 4) is 17.6 Å². The Morgan fingerprint density at radius 2 is 1.87 bits per heavy atom. The molecule has 1 unspecified atom stereocenters. The molecule has 1 aromatic carbocycles. The summed E-state index contributed by atoms with van der Waals surface area (Å²) in [6.45, 7) is 2.05. The number of aryl methyl sites for hydroxylation is 1. The van der Waals surface area contributed by atoms with Crippen molar-refractivity contribution >= 4 is 22.2 Å². The predicted molar refractivity (Wildman–Crippen MR) is 117 cm³/mol. The van der Waals surface area contributed by atoms with Crippen molar-refractivity contribution in [3.05, 3.63) is 39.3 Å². The molecular weight excluding hydrogens is 398 g/mol. The predicted octanol–water partition coefficient (Wildman–Crippen LogP) is 2.49. The van der Waals surface area contributed by atoms with Gasteiger partial charge < -0.3 is 19.7 Å². The lowest BCUT2D eigenvalue weighted by atomic mass is 9.99. The van der Waals surface area contributed by atoms with Gasteiger partial charge in [0.15, 0.2) is 18.0 Å². The molecule has 2 N–H and O–H groups in total. The Labute approximate surface area is 181 Å². The number of benzene rings is 1. The van der Waals surface area contributed by atoms with E-state index in [0.29, 0.717) is 12.1 Å². The average Bonchev–Trinajstić information content (AvgIpc) is 2.91. The van der Waals surface area contributed by atoms with Crippen LogP contribution in [0.4, 0.5) is 5.00 Å². The van der Waals surface area contributed by atoms with Gasteiger partial charge in [0.1, 0.15) is 17.6 Å². The molecule has 0 saturated carbocycles. The summed E-state index contributed by atoms with van der Waals surface area (Å²) in [6.07, 6.45) is 6.36. The van der Waals surface area contributed by atoms with E-state index in [2.05, 4.69) is 11.4 Å². The molecule has 158 valence electrons. The van der Waals surface area contributed by atoms with Gasteiger partial charge in [-0.05, 0) is 48.9 Å². The number of nitrogens with one attached hydrogen (secondary N) is 2. The number of rotatable bonds is 5. The highest BCUT2D eigenvalue weighted by atomic mass is 32.1. The van der Waals surface area contributed by atoms with Crippen LogP contribution in [0.3, 0.4) is 0 Å². The summed E-state index contributed by atoms with van der Waals surface area (Å²) in [6, 6.07) is 6.41. The Morgan fingerprint density at radius 1 is 1.13 bits per heavy atom. The van der Waals surface area contributed by atoms with Crippen molar-refractivity contribution in [2.45, 2.75) is 45.1 Å². The number of fused-ring (bicyclic) bond motifs is 2. The van der Waals surface area contributed by atoms with Crippen LogP contribution >= 0.6 is 11.3 Å². The van der Waals surface area contributed by atoms with Gasteiger partial charge >= 0.3 is 0 Å². The van der Waals surface area contributed by atoms with Crippen molar-refractivity contribution < 1.29 is 19.2 Å². The van der Waals surface area contributed by atoms with Crippen molar-refractivity contribution in [2.75, 3.05) is 32.6 Å². The number of hydrogen-bond donors (Lipinski definition) is 2. The Morgan fingerprint density at radius 3 is 2.60 bits per heavy atom. The van der Waals surface area contributed by atoms with E-state index in [1.807, 2.05) is 12.1 Å². The van der Waals surface area contributed by atoms with Crippen molar-refractivity contribution in [3.63, 3.8) is 0 Å². The number of thiophene rings is 1. The van der Waals surface area contributed by atoms with Gasteiger partial charge in [-0.25, -0.2) is 0 Å². The number of amides is 1. The number of carbonyl (C=O) groups excluding carboxylic acids is 1. The summed E-state index contributed by atoms with van der Waals surface area (Å²) in [4.78, 5) is 15.3. The zero-order valence-electron chi connectivity index (χ0n) is 17.6. The first-order valence-corrected chi connectivity index (χ1v) is 11.4. The molecule has 1 aliphatic carbocycles. The van der Waals surface area contributed by atoms with E-state index in [0.717, 1.165) is 67.3 Å². The summed E-state index contributed by atoms with van der Waals surface area (Å²) in [5, 5.41) is 13.4. The molecule has 6 nitrogen and oxygen atoms in total. The molecule has 4 rings (SSSR count). The van der Waals surface area contributed by atoms with E-state index in [-0.39, 0.29) is 5.91 Å². The molecule has 30 heavy (non-hydrogen) atoms. The SMILES string of the molecule is COc1cc2c(cc1OC)C[NH+](CC(=O)Nc1sc3c(c1C#N)CCCCC3)CC2. The highest BCUT2D eigenvalue weighted by Crippen LogP contribution is 2.37. The number of carbonyl (C=O) groups is 1. The topological polar surface area (TPSA) is 75.8 Å². The van der Waals surface area contributed by atoms with Crippen LogP contribution in [0.5, 0.6) is 11.5 Å². The third kappa shape index (κ3) is 4.16. The summed E-state index contributed by atoms with van der Waals surface area (Å²) in [7, 11) is 3.29. The zero-order valence-corrected chi connectivity index (χ0v) is 18.4. The number of quaternary nitrogens is 1. The molecule has 2 aromatic rings. The summed E-state index contributed by atoms with van der Waals surface area (Å²) < 4.78 is 10.8. The fraction of sp³-hybridized carbons (Fsp3) is 0.478. The second-order valence-corrected chi connectivity index (χ2v) is 9.11. The smallest absolute Gasteiger partial charge is 0.280 e. The molecule has 1 amide bonds. The van der Waals surface area contributed by atoms with Crippen molar-refractivity contribution in [2.24, 2.45) is 0 Å². The monoisotopic (exact) mass is 426 g/mol. The van der Waals surface area contributed by atoms with Gasteiger partial charge in [-0.1, -0.05) is 6.42 Å². The van der Waals surface area contributed by atoms with Gasteiger partial charge in [0, 0.05) is 16.9 Å². The quantitative estimate of drug-likeness (QED) is 0.721. The molecule has 0 spiro atoms. The van der Waals surface area contributed by atoms with E-state index < -0.39 is 0 Å². The first-order valence-electron chi connectivity index (χ1n) is 10.5. The van der Waals surface area contributed by atoms with Crippen LogP contribution in [0.1, 0.15) is 46.4 Å². The van der Waals surface area contributed by atoms with E-state index >= 15 is 0 Å². The average molecular weight is 427 g/mol. The van der Waals surface area contributed by atoms with Crippen LogP contribution in [0.15, 0.2) is 12.1 Å². The lowest BCUT2D eigenvalue weighted by Crippen LogP contribution is -3.12. The lowest BCUT2D eigenvalue weighted by molar-refractivity contribution is -0.907. The number of nitrogens with zero attached hydrogens (tertiary/aromatic N) is 1. The van der Waals surface area contributed by atoms with E-state index in [1.54, 1.807) is 25.6 Å². The molecule has 2 heterocycles. The van der Waals surface area contributed by atoms with Gasteiger partial charge in [0.2, 0.25) is 0 Å². The van der Waals surface area contributed by atoms with E-state index in [4.69, 9.17) is 9.47 Å². The number of nitriles is 1. The third-order valence-corrected chi connectivity index (χ3v) is 7.30. The second-order valence-electron chi connectivity index (χ2n) is 8.01. The van der Waals surface area contributed by atoms with E-state index in [1.165, 1.54) is 27.3 Å². The fourth-order valence-corrected chi connectivity index (χ4v) is 5.78. The molecule has 7 heteroatoms. The Hall–Kier alpha value is -2.56. The van der Waals surface area contributed by atoms with Gasteiger partial charge in [0.25, 0.3) is 5.91 Å². The highest BCUT2D eigenvalue weighted by molar-refractivity contribution is 7.16. The number of anilines is 1. The van der Waals surface area contributed by atoms with Crippen LogP contribution in [0, 0.1) is 11.3 Å². The number of methoxy groups -OCH3 is 2. The first-order chi connectivity index (χ1) is 14.6. The molecule has 1 atom stereocenters. The van der Waals surface area contributed by atoms with E-state index in [9.17, 15) is 10.1 Å². The Balaban J connectivity index is 1.44. The molecular formula is C23H28N3O3S+. The summed E-state index contributed by atoms with van der Waals surface area (Å²) in [5.41, 5.74) is 4.30. The van der Waals surface area contributed by atoms with Crippen molar-refractivity contribution in [1.29, 1.82) is 5.26 Å². The minimum Gasteiger partial charge on any atom is -0.493 e. The molecule has 2 aliphatic rings. The van der Waals surface area contributed by atoms with Gasteiger partial charge in [-0.15, -0.1) is 11.3 Å². The normalized spacial score (nSPS) is 17.8. The van der Waals surface area contributed by atoms with Crippen LogP contribution in [-0.2, 0) is 30.6 Å². The Kier molecular flexibility index (Phi) is 6.26. The maximum absolute atomic E-state index is 12.8. The van der Waals surface area contributed by atoms with Crippen molar-refractivity contribution in [1.82, 2.24) is 0 Å². The molecule has 0 saturated heterocycles. The highest BCUT2D eigenvalue weighted by Gasteiger charge is 2.26. The minimum atomic E-state index is -0.0261. The maximum Gasteiger partial charge on any atom is 0.280 e. The fourth-order valence-electron chi connectivity index (χ4n) is 4.53. The van der Waals surface area contributed by atoms with Gasteiger partial charge in [0.05, 0.1) is 26.3 Å². The zero-order chi connectivity index (χ0) is 21.1. The van der Waals surface area contributed by atoms with Crippen LogP contribution in [0.2, 0.25) is 0 Å². The molecule has 1 aliphatic heterocycles. The number of hydrogen-bond acceptors (Lipinski definition) is 5. The Bertz CT molecular complexity index is 993. The maximum atomic E-state index is 12.8. The second kappa shape index (κ2) is 9.07. The van der Waals surface area contributed by atoms with Crippen LogP contribution < -0.4 is 19.7 Å². The van der Waals surface area contributed by atoms with Gasteiger partial charge in [-0.2, -0.15) is 5.26 Å². The molecule has 0 radical (unpaired) electrons. The van der Waals surface area contributed by atoms with Crippen LogP contribution in [0.25, 0.3) is 0 Å². The largest absolute Gasteiger partial charge is 0.493 e. The van der Waals surface area contributed by atoms with Crippen LogP contribution in [-0.4, -0.2) is 33.2 Å². The van der Waals surface area contributed by atoms with Gasteiger partial charge in [-0.3, -0.25) is 4.79 Å². The minimum absolute atomic E-state index is 0.0261. The first kappa shape index (κ1) is 20.7. The molecule has 0 bridgehead atoms. The summed E-state index contributed by atoms with van der Waals surface area (Å²) >= 11 is 1.59. The molecule has 0 fully saturated rings. The summed E-state index contributed by atoms with van der Waals surface area (Å²) in [5.74, 6) is 1.45. The molecule has 1 aromatic heterocycles.